The molecule has 0 bridgehead atoms. The second-order valence-electron chi connectivity index (χ2n) is 8.78. The van der Waals surface area contributed by atoms with Crippen LogP contribution >= 0.6 is 11.6 Å². The zero-order valence-corrected chi connectivity index (χ0v) is 21.7. The van der Waals surface area contributed by atoms with Crippen LogP contribution in [0.25, 0.3) is 11.3 Å². The lowest BCUT2D eigenvalue weighted by Crippen LogP contribution is -2.41. The SMILES string of the molecule is COc1ncc(-c2cc(F)ccc2[C@H]2Cc3nc(N)nc(C)c3C(=O)N2Cc2cccc(Cl)c2)nc1OC. The number of fused-ring (bicyclic) bond motifs is 1. The van der Waals surface area contributed by atoms with Gasteiger partial charge in [-0.3, -0.25) is 4.79 Å². The number of methoxy groups -OCH3 is 2. The number of aromatic nitrogens is 4. The van der Waals surface area contributed by atoms with Gasteiger partial charge in [0.2, 0.25) is 5.95 Å². The number of benzene rings is 2. The summed E-state index contributed by atoms with van der Waals surface area (Å²) in [5.41, 5.74) is 9.67. The number of halogens is 2. The van der Waals surface area contributed by atoms with Gasteiger partial charge in [0.05, 0.1) is 49.1 Å². The van der Waals surface area contributed by atoms with Gasteiger partial charge in [0, 0.05) is 23.6 Å². The van der Waals surface area contributed by atoms with Crippen molar-refractivity contribution < 1.29 is 18.7 Å². The Labute approximate surface area is 223 Å². The van der Waals surface area contributed by atoms with Crippen molar-refractivity contribution in [3.05, 3.63) is 87.6 Å². The smallest absolute Gasteiger partial charge is 0.278 e. The van der Waals surface area contributed by atoms with Crippen molar-refractivity contribution in [2.45, 2.75) is 25.9 Å². The van der Waals surface area contributed by atoms with Gasteiger partial charge >= 0.3 is 0 Å². The van der Waals surface area contributed by atoms with Gasteiger partial charge < -0.3 is 20.1 Å². The highest BCUT2D eigenvalue weighted by Gasteiger charge is 2.37. The topological polar surface area (TPSA) is 116 Å². The molecule has 0 aliphatic carbocycles. The highest BCUT2D eigenvalue weighted by atomic mass is 35.5. The van der Waals surface area contributed by atoms with Crippen molar-refractivity contribution >= 4 is 23.5 Å². The average Bonchev–Trinajstić information content (AvgIpc) is 2.89. The predicted molar refractivity (Wildman–Crippen MR) is 139 cm³/mol. The Kier molecular flexibility index (Phi) is 6.81. The van der Waals surface area contributed by atoms with Crippen LogP contribution in [0.4, 0.5) is 10.3 Å². The summed E-state index contributed by atoms with van der Waals surface area (Å²) in [6.07, 6.45) is 1.80. The molecule has 38 heavy (non-hydrogen) atoms. The minimum atomic E-state index is -0.534. The summed E-state index contributed by atoms with van der Waals surface area (Å²) < 4.78 is 25.1. The number of anilines is 1. The molecule has 0 saturated heterocycles. The maximum absolute atomic E-state index is 14.6. The summed E-state index contributed by atoms with van der Waals surface area (Å²) in [4.78, 5) is 33.0. The molecule has 9 nitrogen and oxygen atoms in total. The Morgan fingerprint density at radius 2 is 1.89 bits per heavy atom. The second-order valence-corrected chi connectivity index (χ2v) is 9.21. The van der Waals surface area contributed by atoms with Crippen molar-refractivity contribution in [1.29, 1.82) is 0 Å². The Morgan fingerprint density at radius 3 is 2.63 bits per heavy atom. The van der Waals surface area contributed by atoms with Gasteiger partial charge in [-0.15, -0.1) is 0 Å². The lowest BCUT2D eigenvalue weighted by Gasteiger charge is -2.38. The molecule has 2 aromatic carbocycles. The number of amides is 1. The molecule has 0 spiro atoms. The van der Waals surface area contributed by atoms with Gasteiger partial charge in [-0.2, -0.15) is 0 Å². The first-order chi connectivity index (χ1) is 18.3. The van der Waals surface area contributed by atoms with Crippen LogP contribution in [0.3, 0.4) is 0 Å². The van der Waals surface area contributed by atoms with Crippen LogP contribution in [-0.2, 0) is 13.0 Å². The molecule has 194 valence electrons. The van der Waals surface area contributed by atoms with E-state index in [0.717, 1.165) is 5.56 Å². The first-order valence-corrected chi connectivity index (χ1v) is 12.1. The first-order valence-electron chi connectivity index (χ1n) is 11.7. The minimum absolute atomic E-state index is 0.0844. The summed E-state index contributed by atoms with van der Waals surface area (Å²) in [6, 6.07) is 11.1. The number of carbonyl (C=O) groups excluding carboxylic acids is 1. The van der Waals surface area contributed by atoms with Crippen LogP contribution in [-0.4, -0.2) is 45.0 Å². The van der Waals surface area contributed by atoms with Crippen LogP contribution < -0.4 is 15.2 Å². The van der Waals surface area contributed by atoms with E-state index in [4.69, 9.17) is 26.8 Å². The van der Waals surface area contributed by atoms with E-state index in [1.54, 1.807) is 30.0 Å². The van der Waals surface area contributed by atoms with Crippen LogP contribution in [0.5, 0.6) is 11.8 Å². The van der Waals surface area contributed by atoms with Crippen molar-refractivity contribution in [3.63, 3.8) is 0 Å². The van der Waals surface area contributed by atoms with Gasteiger partial charge in [-0.05, 0) is 42.3 Å². The number of aryl methyl sites for hydroxylation is 1. The number of carbonyl (C=O) groups is 1. The average molecular weight is 535 g/mol. The van der Waals surface area contributed by atoms with E-state index in [0.29, 0.717) is 45.2 Å². The highest BCUT2D eigenvalue weighted by Crippen LogP contribution is 2.40. The predicted octanol–water partition coefficient (Wildman–Crippen LogP) is 4.57. The second kappa shape index (κ2) is 10.2. The van der Waals surface area contributed by atoms with Crippen molar-refractivity contribution in [2.75, 3.05) is 20.0 Å². The fourth-order valence-corrected chi connectivity index (χ4v) is 4.97. The summed E-state index contributed by atoms with van der Waals surface area (Å²) in [5.74, 6) is -0.298. The summed E-state index contributed by atoms with van der Waals surface area (Å²) in [7, 11) is 2.90. The zero-order valence-electron chi connectivity index (χ0n) is 20.9. The summed E-state index contributed by atoms with van der Waals surface area (Å²) >= 11 is 6.24. The van der Waals surface area contributed by atoms with Gasteiger partial charge in [-0.1, -0.05) is 29.8 Å². The van der Waals surface area contributed by atoms with E-state index in [1.165, 1.54) is 32.5 Å². The van der Waals surface area contributed by atoms with E-state index in [2.05, 4.69) is 19.9 Å². The van der Waals surface area contributed by atoms with Crippen LogP contribution in [0.1, 0.15) is 38.9 Å². The molecular weight excluding hydrogens is 511 g/mol. The quantitative estimate of drug-likeness (QED) is 0.382. The molecule has 1 aliphatic heterocycles. The lowest BCUT2D eigenvalue weighted by molar-refractivity contribution is 0.0625. The minimum Gasteiger partial charge on any atom is -0.477 e. The molecule has 0 unspecified atom stereocenters. The zero-order chi connectivity index (χ0) is 27.0. The number of rotatable bonds is 6. The maximum Gasteiger partial charge on any atom is 0.278 e. The highest BCUT2D eigenvalue weighted by molar-refractivity contribution is 6.30. The molecule has 2 N–H and O–H groups in total. The van der Waals surface area contributed by atoms with Crippen molar-refractivity contribution in [1.82, 2.24) is 24.8 Å². The van der Waals surface area contributed by atoms with Gasteiger partial charge in [0.25, 0.3) is 17.7 Å². The molecular formula is C27H24ClFN6O3. The van der Waals surface area contributed by atoms with Crippen LogP contribution in [0.2, 0.25) is 5.02 Å². The number of ether oxygens (including phenoxy) is 2. The largest absolute Gasteiger partial charge is 0.477 e. The maximum atomic E-state index is 14.6. The molecule has 0 radical (unpaired) electrons. The normalized spacial score (nSPS) is 14.8. The first kappa shape index (κ1) is 25.3. The van der Waals surface area contributed by atoms with Crippen LogP contribution in [0, 0.1) is 12.7 Å². The van der Waals surface area contributed by atoms with Crippen LogP contribution in [0.15, 0.2) is 48.7 Å². The number of nitrogens with two attached hydrogens (primary N) is 1. The van der Waals surface area contributed by atoms with Gasteiger partial charge in [0.1, 0.15) is 5.82 Å². The van der Waals surface area contributed by atoms with E-state index < -0.39 is 11.9 Å². The van der Waals surface area contributed by atoms with E-state index in [9.17, 15) is 9.18 Å². The Balaban J connectivity index is 1.68. The van der Waals surface area contributed by atoms with Crippen molar-refractivity contribution in [2.24, 2.45) is 0 Å². The fourth-order valence-electron chi connectivity index (χ4n) is 4.76. The Morgan fingerprint density at radius 1 is 1.11 bits per heavy atom. The molecule has 3 heterocycles. The van der Waals surface area contributed by atoms with E-state index in [1.807, 2.05) is 12.1 Å². The summed E-state index contributed by atoms with van der Waals surface area (Å²) in [5, 5.41) is 0.555. The molecule has 4 aromatic rings. The Bertz CT molecular complexity index is 1550. The molecule has 1 atom stereocenters. The van der Waals surface area contributed by atoms with Gasteiger partial charge in [0.15, 0.2) is 0 Å². The molecule has 0 saturated carbocycles. The third kappa shape index (κ3) is 4.70. The van der Waals surface area contributed by atoms with E-state index in [-0.39, 0.29) is 30.2 Å². The molecule has 11 heteroatoms. The molecule has 1 amide bonds. The molecule has 5 rings (SSSR count). The standard InChI is InChI=1S/C27H24ClFN6O3/c1-14-23-20(34-27(30)32-14)11-22(35(26(23)36)13-15-5-4-6-16(28)9-15)18-8-7-17(29)10-19(18)21-12-31-24(37-2)25(33-21)38-3/h4-10,12,22H,11,13H2,1-3H3,(H2,30,32,34)/t22-/m1/s1. The van der Waals surface area contributed by atoms with Gasteiger partial charge in [-0.25, -0.2) is 24.3 Å². The number of nitrogens with zero attached hydrogens (tertiary/aromatic N) is 5. The molecule has 2 aromatic heterocycles. The number of hydrogen-bond acceptors (Lipinski definition) is 8. The lowest BCUT2D eigenvalue weighted by atomic mass is 9.88. The third-order valence-electron chi connectivity index (χ3n) is 6.41. The fraction of sp³-hybridized carbons (Fsp3) is 0.222. The monoisotopic (exact) mass is 534 g/mol. The van der Waals surface area contributed by atoms with Crippen molar-refractivity contribution in [3.8, 4) is 23.0 Å². The Hall–Kier alpha value is -4.31. The summed E-state index contributed by atoms with van der Waals surface area (Å²) in [6.45, 7) is 1.98. The number of nitrogen functional groups attached to an aromatic ring is 1. The molecule has 1 aliphatic rings. The van der Waals surface area contributed by atoms with E-state index >= 15 is 0 Å². The third-order valence-corrected chi connectivity index (χ3v) is 6.64. The number of hydrogen-bond donors (Lipinski definition) is 1. The molecule has 0 fully saturated rings.